The van der Waals surface area contributed by atoms with E-state index in [1.165, 1.54) is 6.07 Å². The molecule has 6 heteroatoms. The molecular weight excluding hydrogens is 224 g/mol. The largest absolute Gasteiger partial charge is 0.476 e. The van der Waals surface area contributed by atoms with Crippen LogP contribution in [0.1, 0.15) is 29.1 Å². The summed E-state index contributed by atoms with van der Waals surface area (Å²) in [6.07, 6.45) is 1.90. The van der Waals surface area contributed by atoms with Crippen molar-refractivity contribution in [3.8, 4) is 0 Å². The van der Waals surface area contributed by atoms with E-state index in [2.05, 4.69) is 10.1 Å². The van der Waals surface area contributed by atoms with Crippen LogP contribution in [0.2, 0.25) is 0 Å². The number of likely N-dealkylation sites (tertiary alicyclic amines) is 1. The lowest BCUT2D eigenvalue weighted by atomic mass is 10.1. The Labute approximate surface area is 98.8 Å². The third-order valence-corrected chi connectivity index (χ3v) is 3.06. The van der Waals surface area contributed by atoms with Crippen LogP contribution in [-0.2, 0) is 6.54 Å². The second kappa shape index (κ2) is 5.29. The van der Waals surface area contributed by atoms with Gasteiger partial charge in [0.25, 0.3) is 0 Å². The Morgan fingerprint density at radius 2 is 2.47 bits per heavy atom. The molecule has 1 aromatic rings. The monoisotopic (exact) mass is 240 g/mol. The third kappa shape index (κ3) is 3.04. The van der Waals surface area contributed by atoms with Crippen LogP contribution in [0.5, 0.6) is 0 Å². The molecule has 1 aliphatic heterocycles. The molecule has 94 valence electrons. The highest BCUT2D eigenvalue weighted by Gasteiger charge is 2.23. The van der Waals surface area contributed by atoms with E-state index in [9.17, 15) is 4.79 Å². The summed E-state index contributed by atoms with van der Waals surface area (Å²) in [4.78, 5) is 12.8. The number of carboxylic acid groups (broad SMARTS) is 1. The SMILES string of the molecule is O=C(O)c1cc(CN2CCC(CCO)C2)on1. The number of aliphatic hydroxyl groups is 1. The fraction of sp³-hybridized carbons (Fsp3) is 0.636. The molecule has 0 amide bonds. The average molecular weight is 240 g/mol. The van der Waals surface area contributed by atoms with Gasteiger partial charge in [0, 0.05) is 19.2 Å². The predicted octanol–water partition coefficient (Wildman–Crippen LogP) is 0.577. The molecule has 0 aliphatic carbocycles. The van der Waals surface area contributed by atoms with Gasteiger partial charge in [-0.25, -0.2) is 4.79 Å². The molecule has 0 aromatic carbocycles. The summed E-state index contributed by atoms with van der Waals surface area (Å²) in [5.41, 5.74) is -0.0499. The van der Waals surface area contributed by atoms with E-state index in [-0.39, 0.29) is 12.3 Å². The van der Waals surface area contributed by atoms with Gasteiger partial charge >= 0.3 is 5.97 Å². The molecule has 0 radical (unpaired) electrons. The zero-order valence-electron chi connectivity index (χ0n) is 9.50. The standard InChI is InChI=1S/C11H16N2O4/c14-4-2-8-1-3-13(6-8)7-9-5-10(11(15)16)12-17-9/h5,8,14H,1-4,6-7H2,(H,15,16). The van der Waals surface area contributed by atoms with E-state index >= 15 is 0 Å². The Balaban J connectivity index is 1.87. The van der Waals surface area contributed by atoms with Crippen LogP contribution in [0.3, 0.4) is 0 Å². The highest BCUT2D eigenvalue weighted by molar-refractivity contribution is 5.85. The van der Waals surface area contributed by atoms with Crippen molar-refractivity contribution in [3.05, 3.63) is 17.5 Å². The summed E-state index contributed by atoms with van der Waals surface area (Å²) in [6.45, 7) is 2.68. The highest BCUT2D eigenvalue weighted by Crippen LogP contribution is 2.21. The number of rotatable bonds is 5. The number of hydrogen-bond donors (Lipinski definition) is 2. The topological polar surface area (TPSA) is 86.8 Å². The Morgan fingerprint density at radius 1 is 1.65 bits per heavy atom. The molecule has 1 aromatic heterocycles. The molecule has 6 nitrogen and oxygen atoms in total. The number of aromatic nitrogens is 1. The van der Waals surface area contributed by atoms with Crippen molar-refractivity contribution in [1.82, 2.24) is 10.1 Å². The van der Waals surface area contributed by atoms with E-state index in [4.69, 9.17) is 14.7 Å². The van der Waals surface area contributed by atoms with Gasteiger partial charge < -0.3 is 14.7 Å². The van der Waals surface area contributed by atoms with E-state index in [0.717, 1.165) is 25.9 Å². The van der Waals surface area contributed by atoms with Crippen LogP contribution < -0.4 is 0 Å². The summed E-state index contributed by atoms with van der Waals surface area (Å²) < 4.78 is 4.96. The fourth-order valence-electron chi connectivity index (χ4n) is 2.18. The Morgan fingerprint density at radius 3 is 3.12 bits per heavy atom. The molecule has 2 heterocycles. The van der Waals surface area contributed by atoms with Crippen molar-refractivity contribution >= 4 is 5.97 Å². The molecule has 1 atom stereocenters. The summed E-state index contributed by atoms with van der Waals surface area (Å²) in [7, 11) is 0. The van der Waals surface area contributed by atoms with Crippen LogP contribution in [-0.4, -0.2) is 45.9 Å². The maximum absolute atomic E-state index is 10.6. The minimum absolute atomic E-state index is 0.0499. The van der Waals surface area contributed by atoms with Crippen LogP contribution >= 0.6 is 0 Å². The fourth-order valence-corrected chi connectivity index (χ4v) is 2.18. The van der Waals surface area contributed by atoms with Crippen molar-refractivity contribution < 1.29 is 19.5 Å². The van der Waals surface area contributed by atoms with Gasteiger partial charge in [0.05, 0.1) is 6.54 Å². The maximum atomic E-state index is 10.6. The third-order valence-electron chi connectivity index (χ3n) is 3.06. The predicted molar refractivity (Wildman–Crippen MR) is 58.5 cm³/mol. The van der Waals surface area contributed by atoms with Gasteiger partial charge in [-0.2, -0.15) is 0 Å². The van der Waals surface area contributed by atoms with Gasteiger partial charge in [0.1, 0.15) is 0 Å². The Kier molecular flexibility index (Phi) is 3.75. The minimum Gasteiger partial charge on any atom is -0.476 e. The number of hydrogen-bond acceptors (Lipinski definition) is 5. The van der Waals surface area contributed by atoms with Gasteiger partial charge in [0.2, 0.25) is 0 Å². The highest BCUT2D eigenvalue weighted by atomic mass is 16.5. The average Bonchev–Trinajstić information content (AvgIpc) is 2.89. The molecule has 2 rings (SSSR count). The molecular formula is C11H16N2O4. The minimum atomic E-state index is -1.07. The molecule has 17 heavy (non-hydrogen) atoms. The lowest BCUT2D eigenvalue weighted by Gasteiger charge is -2.13. The molecule has 1 saturated heterocycles. The Hall–Kier alpha value is -1.40. The zero-order chi connectivity index (χ0) is 12.3. The van der Waals surface area contributed by atoms with Crippen molar-refractivity contribution in [2.24, 2.45) is 5.92 Å². The van der Waals surface area contributed by atoms with Gasteiger partial charge in [0.15, 0.2) is 11.5 Å². The van der Waals surface area contributed by atoms with Crippen LogP contribution in [0.25, 0.3) is 0 Å². The number of aliphatic hydroxyl groups excluding tert-OH is 1. The molecule has 0 spiro atoms. The maximum Gasteiger partial charge on any atom is 0.358 e. The first-order valence-electron chi connectivity index (χ1n) is 5.71. The van der Waals surface area contributed by atoms with Crippen molar-refractivity contribution in [3.63, 3.8) is 0 Å². The smallest absolute Gasteiger partial charge is 0.358 e. The van der Waals surface area contributed by atoms with E-state index in [1.54, 1.807) is 0 Å². The molecule has 1 unspecified atom stereocenters. The number of carbonyl (C=O) groups is 1. The second-order valence-electron chi connectivity index (χ2n) is 4.39. The number of carboxylic acids is 1. The summed E-state index contributed by atoms with van der Waals surface area (Å²) in [6, 6.07) is 1.46. The van der Waals surface area contributed by atoms with E-state index in [1.807, 2.05) is 0 Å². The molecule has 1 fully saturated rings. The lowest BCUT2D eigenvalue weighted by molar-refractivity contribution is 0.0685. The lowest BCUT2D eigenvalue weighted by Crippen LogP contribution is -2.20. The number of aromatic carboxylic acids is 1. The summed E-state index contributed by atoms with van der Waals surface area (Å²) in [5, 5.41) is 21.0. The van der Waals surface area contributed by atoms with E-state index < -0.39 is 5.97 Å². The molecule has 0 bridgehead atoms. The molecule has 2 N–H and O–H groups in total. The van der Waals surface area contributed by atoms with E-state index in [0.29, 0.717) is 18.2 Å². The molecule has 0 saturated carbocycles. The first-order chi connectivity index (χ1) is 8.19. The van der Waals surface area contributed by atoms with Gasteiger partial charge in [-0.15, -0.1) is 0 Å². The van der Waals surface area contributed by atoms with Gasteiger partial charge in [-0.1, -0.05) is 5.16 Å². The zero-order valence-corrected chi connectivity index (χ0v) is 9.50. The Bertz CT molecular complexity index is 391. The van der Waals surface area contributed by atoms with Crippen molar-refractivity contribution in [2.45, 2.75) is 19.4 Å². The van der Waals surface area contributed by atoms with Crippen LogP contribution in [0.15, 0.2) is 10.6 Å². The first kappa shape index (κ1) is 12.1. The van der Waals surface area contributed by atoms with Crippen molar-refractivity contribution in [1.29, 1.82) is 0 Å². The first-order valence-corrected chi connectivity index (χ1v) is 5.71. The summed E-state index contributed by atoms with van der Waals surface area (Å²) >= 11 is 0. The van der Waals surface area contributed by atoms with Gasteiger partial charge in [-0.3, -0.25) is 4.90 Å². The quantitative estimate of drug-likeness (QED) is 0.782. The van der Waals surface area contributed by atoms with Crippen LogP contribution in [0.4, 0.5) is 0 Å². The molecule has 1 aliphatic rings. The second-order valence-corrected chi connectivity index (χ2v) is 4.39. The van der Waals surface area contributed by atoms with Crippen molar-refractivity contribution in [2.75, 3.05) is 19.7 Å². The van der Waals surface area contributed by atoms with Crippen LogP contribution in [0, 0.1) is 5.92 Å². The normalized spacial score (nSPS) is 20.9. The van der Waals surface area contributed by atoms with Gasteiger partial charge in [-0.05, 0) is 25.3 Å². The summed E-state index contributed by atoms with van der Waals surface area (Å²) in [5.74, 6) is 0.0356. The number of nitrogens with zero attached hydrogens (tertiary/aromatic N) is 2.